The number of aliphatic hydroxyl groups excluding tert-OH is 2. The molecule has 0 aromatic carbocycles. The van der Waals surface area contributed by atoms with Crippen LogP contribution in [0.3, 0.4) is 0 Å². The summed E-state index contributed by atoms with van der Waals surface area (Å²) in [6.45, 7) is 2.32. The van der Waals surface area contributed by atoms with Crippen molar-refractivity contribution in [1.29, 1.82) is 0 Å². The van der Waals surface area contributed by atoms with Gasteiger partial charge >= 0.3 is 6.18 Å². The Hall–Kier alpha value is -0.370. The number of unbranched alkanes of at least 4 members (excludes halogenated alkanes) is 1. The molecule has 0 heterocycles. The largest absolute Gasteiger partial charge is 0.389 e. The first-order chi connectivity index (χ1) is 8.35. The summed E-state index contributed by atoms with van der Waals surface area (Å²) in [7, 11) is 0. The quantitative estimate of drug-likeness (QED) is 0.471. The molecule has 0 amide bonds. The maximum absolute atomic E-state index is 11.8. The molecule has 0 saturated heterocycles. The fraction of sp³-hybridized carbons (Fsp3) is 1.00. The van der Waals surface area contributed by atoms with E-state index in [2.05, 4.69) is 4.74 Å². The first kappa shape index (κ1) is 17.6. The predicted molar refractivity (Wildman–Crippen MR) is 59.0 cm³/mol. The summed E-state index contributed by atoms with van der Waals surface area (Å²) in [5.74, 6) is 0. The van der Waals surface area contributed by atoms with Gasteiger partial charge in [-0.05, 0) is 6.42 Å². The third kappa shape index (κ3) is 12.1. The van der Waals surface area contributed by atoms with Crippen LogP contribution in [0, 0.1) is 0 Å². The molecule has 0 radical (unpaired) electrons. The summed E-state index contributed by atoms with van der Waals surface area (Å²) in [5.41, 5.74) is 0. The van der Waals surface area contributed by atoms with Crippen LogP contribution in [0.5, 0.6) is 0 Å². The van der Waals surface area contributed by atoms with E-state index >= 15 is 0 Å². The Labute approximate surface area is 105 Å². The van der Waals surface area contributed by atoms with Crippen LogP contribution >= 0.6 is 0 Å². The van der Waals surface area contributed by atoms with Gasteiger partial charge in [0, 0.05) is 19.4 Å². The maximum atomic E-state index is 11.8. The van der Waals surface area contributed by atoms with Crippen molar-refractivity contribution in [2.45, 2.75) is 51.2 Å². The van der Waals surface area contributed by atoms with Crippen molar-refractivity contribution in [2.24, 2.45) is 0 Å². The first-order valence-electron chi connectivity index (χ1n) is 5.97. The van der Waals surface area contributed by atoms with Crippen LogP contribution in [0.1, 0.15) is 32.6 Å². The number of alkyl halides is 3. The van der Waals surface area contributed by atoms with Gasteiger partial charge in [0.1, 0.15) is 6.10 Å². The van der Waals surface area contributed by atoms with Crippen LogP contribution in [0.25, 0.3) is 0 Å². The Morgan fingerprint density at radius 1 is 1.17 bits per heavy atom. The Morgan fingerprint density at radius 3 is 2.39 bits per heavy atom. The highest BCUT2D eigenvalue weighted by molar-refractivity contribution is 4.56. The number of rotatable bonds is 10. The Morgan fingerprint density at radius 2 is 1.83 bits per heavy atom. The molecule has 2 N–H and O–H groups in total. The molecule has 0 bridgehead atoms. The van der Waals surface area contributed by atoms with Crippen LogP contribution in [0.4, 0.5) is 13.2 Å². The summed E-state index contributed by atoms with van der Waals surface area (Å²) in [6.07, 6.45) is -6.57. The van der Waals surface area contributed by atoms with Crippen LogP contribution < -0.4 is 0 Å². The molecule has 0 aliphatic rings. The van der Waals surface area contributed by atoms with Crippen LogP contribution in [0.15, 0.2) is 0 Å². The summed E-state index contributed by atoms with van der Waals surface area (Å²) >= 11 is 0. The van der Waals surface area contributed by atoms with Crippen molar-refractivity contribution >= 4 is 0 Å². The predicted octanol–water partition coefficient (Wildman–Crippen LogP) is 1.84. The zero-order valence-corrected chi connectivity index (χ0v) is 10.4. The lowest BCUT2D eigenvalue weighted by Gasteiger charge is -2.16. The molecule has 0 saturated carbocycles. The van der Waals surface area contributed by atoms with Gasteiger partial charge in [-0.1, -0.05) is 13.3 Å². The highest BCUT2D eigenvalue weighted by Gasteiger charge is 2.28. The van der Waals surface area contributed by atoms with Crippen LogP contribution in [0.2, 0.25) is 0 Å². The third-order valence-electron chi connectivity index (χ3n) is 2.11. The van der Waals surface area contributed by atoms with Gasteiger partial charge in [0.15, 0.2) is 6.29 Å². The second kappa shape index (κ2) is 9.55. The molecule has 4 nitrogen and oxygen atoms in total. The van der Waals surface area contributed by atoms with E-state index in [9.17, 15) is 18.3 Å². The van der Waals surface area contributed by atoms with E-state index in [-0.39, 0.29) is 13.2 Å². The SMILES string of the molecule is CCCCOCC(O)COC(O)CCC(F)(F)F. The van der Waals surface area contributed by atoms with E-state index < -0.39 is 31.4 Å². The smallest absolute Gasteiger partial charge is 0.388 e. The summed E-state index contributed by atoms with van der Waals surface area (Å²) in [6, 6.07) is 0. The summed E-state index contributed by atoms with van der Waals surface area (Å²) in [4.78, 5) is 0. The number of hydrogen-bond acceptors (Lipinski definition) is 4. The average molecular weight is 274 g/mol. The average Bonchev–Trinajstić information content (AvgIpc) is 2.28. The normalized spacial score (nSPS) is 15.7. The van der Waals surface area contributed by atoms with Gasteiger partial charge in [-0.3, -0.25) is 0 Å². The fourth-order valence-electron chi connectivity index (χ4n) is 1.11. The molecule has 0 aliphatic carbocycles. The molecule has 0 aromatic rings. The molecule has 0 fully saturated rings. The van der Waals surface area contributed by atoms with Gasteiger partial charge in [-0.25, -0.2) is 0 Å². The standard InChI is InChI=1S/C11H21F3O4/c1-2-3-6-17-7-9(15)8-18-10(16)4-5-11(12,13)14/h9-10,15-16H,2-8H2,1H3. The van der Waals surface area contributed by atoms with E-state index in [0.717, 1.165) is 12.8 Å². The zero-order chi connectivity index (χ0) is 14.0. The third-order valence-corrected chi connectivity index (χ3v) is 2.11. The van der Waals surface area contributed by atoms with Gasteiger partial charge in [0.25, 0.3) is 0 Å². The monoisotopic (exact) mass is 274 g/mol. The number of aliphatic hydroxyl groups is 2. The molecule has 18 heavy (non-hydrogen) atoms. The Balaban J connectivity index is 3.50. The molecule has 7 heteroatoms. The number of ether oxygens (including phenoxy) is 2. The minimum Gasteiger partial charge on any atom is -0.388 e. The highest BCUT2D eigenvalue weighted by atomic mass is 19.4. The number of halogens is 3. The molecule has 0 spiro atoms. The molecular weight excluding hydrogens is 253 g/mol. The zero-order valence-electron chi connectivity index (χ0n) is 10.4. The van der Waals surface area contributed by atoms with Crippen LogP contribution in [-0.4, -0.2) is 48.6 Å². The molecule has 0 aliphatic heterocycles. The van der Waals surface area contributed by atoms with Gasteiger partial charge in [-0.15, -0.1) is 0 Å². The van der Waals surface area contributed by atoms with E-state index in [4.69, 9.17) is 9.84 Å². The van der Waals surface area contributed by atoms with Crippen LogP contribution in [-0.2, 0) is 9.47 Å². The van der Waals surface area contributed by atoms with Crippen molar-refractivity contribution in [2.75, 3.05) is 19.8 Å². The van der Waals surface area contributed by atoms with E-state index in [1.807, 2.05) is 6.92 Å². The van der Waals surface area contributed by atoms with E-state index in [1.54, 1.807) is 0 Å². The fourth-order valence-corrected chi connectivity index (χ4v) is 1.11. The summed E-state index contributed by atoms with van der Waals surface area (Å²) < 4.78 is 45.2. The van der Waals surface area contributed by atoms with Crippen molar-refractivity contribution in [3.05, 3.63) is 0 Å². The Kier molecular flexibility index (Phi) is 9.35. The molecule has 2 atom stereocenters. The maximum Gasteiger partial charge on any atom is 0.389 e. The molecule has 2 unspecified atom stereocenters. The molecular formula is C11H21F3O4. The van der Waals surface area contributed by atoms with Gasteiger partial charge in [0.2, 0.25) is 0 Å². The number of hydrogen-bond donors (Lipinski definition) is 2. The topological polar surface area (TPSA) is 58.9 Å². The molecule has 0 rings (SSSR count). The minimum atomic E-state index is -4.31. The Bertz CT molecular complexity index is 199. The van der Waals surface area contributed by atoms with Gasteiger partial charge < -0.3 is 19.7 Å². The lowest BCUT2D eigenvalue weighted by atomic mass is 10.3. The summed E-state index contributed by atoms with van der Waals surface area (Å²) in [5, 5.41) is 18.4. The lowest BCUT2D eigenvalue weighted by molar-refractivity contribution is -0.171. The van der Waals surface area contributed by atoms with Crippen molar-refractivity contribution in [3.63, 3.8) is 0 Å². The van der Waals surface area contributed by atoms with Gasteiger partial charge in [-0.2, -0.15) is 13.2 Å². The second-order valence-corrected chi connectivity index (χ2v) is 4.02. The second-order valence-electron chi connectivity index (χ2n) is 4.02. The highest BCUT2D eigenvalue weighted by Crippen LogP contribution is 2.22. The molecule has 110 valence electrons. The first-order valence-corrected chi connectivity index (χ1v) is 5.97. The van der Waals surface area contributed by atoms with E-state index in [1.165, 1.54) is 0 Å². The van der Waals surface area contributed by atoms with Crippen molar-refractivity contribution in [1.82, 2.24) is 0 Å². The van der Waals surface area contributed by atoms with Gasteiger partial charge in [0.05, 0.1) is 13.2 Å². The van der Waals surface area contributed by atoms with E-state index in [0.29, 0.717) is 6.61 Å². The lowest BCUT2D eigenvalue weighted by Crippen LogP contribution is -2.26. The van der Waals surface area contributed by atoms with Crippen molar-refractivity contribution < 1.29 is 32.9 Å². The molecule has 0 aromatic heterocycles. The minimum absolute atomic E-state index is 0.0476. The van der Waals surface area contributed by atoms with Crippen molar-refractivity contribution in [3.8, 4) is 0 Å².